The highest BCUT2D eigenvalue weighted by atomic mass is 16.5. The van der Waals surface area contributed by atoms with Gasteiger partial charge in [0.2, 0.25) is 5.91 Å². The minimum atomic E-state index is -0.929. The summed E-state index contributed by atoms with van der Waals surface area (Å²) in [5, 5.41) is 5.25. The molecule has 1 saturated heterocycles. The Labute approximate surface area is 159 Å². The average molecular weight is 379 g/mol. The van der Waals surface area contributed by atoms with Gasteiger partial charge < -0.3 is 15.4 Å². The molecular weight excluding hydrogens is 350 g/mol. The number of hydrogen-bond donors (Lipinski definition) is 2. The first-order chi connectivity index (χ1) is 12.6. The highest BCUT2D eigenvalue weighted by molar-refractivity contribution is 6.09. The number of imide groups is 1. The number of ether oxygens (including phenoxy) is 1. The van der Waals surface area contributed by atoms with Gasteiger partial charge in [0.05, 0.1) is 6.61 Å². The first-order valence-electron chi connectivity index (χ1n) is 9.67. The minimum absolute atomic E-state index is 0.0653. The van der Waals surface area contributed by atoms with Crippen molar-refractivity contribution >= 4 is 23.8 Å². The van der Waals surface area contributed by atoms with Gasteiger partial charge in [-0.25, -0.2) is 4.79 Å². The van der Waals surface area contributed by atoms with E-state index in [4.69, 9.17) is 4.74 Å². The van der Waals surface area contributed by atoms with Crippen molar-refractivity contribution in [3.05, 3.63) is 0 Å². The van der Waals surface area contributed by atoms with Crippen LogP contribution in [0.1, 0.15) is 52.9 Å². The van der Waals surface area contributed by atoms with Gasteiger partial charge in [0, 0.05) is 0 Å². The molecule has 1 aliphatic heterocycles. The number of carbonyl (C=O) groups excluding carboxylic acids is 4. The molecule has 8 nitrogen and oxygen atoms in total. The van der Waals surface area contributed by atoms with Gasteiger partial charge in [0.1, 0.15) is 18.6 Å². The Morgan fingerprint density at radius 3 is 2.59 bits per heavy atom. The predicted molar refractivity (Wildman–Crippen MR) is 96.5 cm³/mol. The fourth-order valence-corrected chi connectivity index (χ4v) is 4.57. The Balaban J connectivity index is 1.53. The molecule has 0 bridgehead atoms. The molecule has 0 aromatic carbocycles. The molecule has 0 aromatic rings. The summed E-state index contributed by atoms with van der Waals surface area (Å²) in [7, 11) is 0. The van der Waals surface area contributed by atoms with Gasteiger partial charge in [-0.05, 0) is 49.4 Å². The van der Waals surface area contributed by atoms with Crippen LogP contribution in [0.4, 0.5) is 4.79 Å². The van der Waals surface area contributed by atoms with Crippen molar-refractivity contribution in [2.75, 3.05) is 19.7 Å². The van der Waals surface area contributed by atoms with E-state index in [1.165, 1.54) is 0 Å². The van der Waals surface area contributed by atoms with Gasteiger partial charge in [-0.3, -0.25) is 19.3 Å². The van der Waals surface area contributed by atoms with E-state index in [1.807, 2.05) is 0 Å². The molecule has 27 heavy (non-hydrogen) atoms. The lowest BCUT2D eigenvalue weighted by molar-refractivity contribution is -0.144. The third kappa shape index (κ3) is 4.59. The zero-order chi connectivity index (χ0) is 19.8. The number of urea groups is 1. The maximum atomic E-state index is 13.0. The highest BCUT2D eigenvalue weighted by Crippen LogP contribution is 2.46. The van der Waals surface area contributed by atoms with Crippen molar-refractivity contribution in [1.82, 2.24) is 15.5 Å². The Morgan fingerprint density at radius 2 is 1.96 bits per heavy atom. The molecule has 4 amide bonds. The molecule has 8 heteroatoms. The second kappa shape index (κ2) is 7.13. The van der Waals surface area contributed by atoms with Gasteiger partial charge in [-0.1, -0.05) is 20.8 Å². The van der Waals surface area contributed by atoms with Crippen LogP contribution in [0.5, 0.6) is 0 Å². The summed E-state index contributed by atoms with van der Waals surface area (Å²) in [5.74, 6) is -0.658. The van der Waals surface area contributed by atoms with Crippen LogP contribution in [0.3, 0.4) is 0 Å². The minimum Gasteiger partial charge on any atom is -0.464 e. The lowest BCUT2D eigenvalue weighted by Gasteiger charge is -2.43. The fraction of sp³-hybridized carbons (Fsp3) is 0.789. The van der Waals surface area contributed by atoms with Gasteiger partial charge in [-0.2, -0.15) is 0 Å². The summed E-state index contributed by atoms with van der Waals surface area (Å²) in [6, 6.07) is -0.545. The van der Waals surface area contributed by atoms with Crippen LogP contribution in [-0.2, 0) is 19.1 Å². The molecule has 2 atom stereocenters. The van der Waals surface area contributed by atoms with Gasteiger partial charge >= 0.3 is 12.0 Å². The largest absolute Gasteiger partial charge is 0.464 e. The maximum Gasteiger partial charge on any atom is 0.325 e. The molecule has 150 valence electrons. The summed E-state index contributed by atoms with van der Waals surface area (Å²) in [5.41, 5.74) is -0.994. The van der Waals surface area contributed by atoms with Crippen LogP contribution in [-0.4, -0.2) is 54.0 Å². The maximum absolute atomic E-state index is 13.0. The number of carbonyl (C=O) groups is 4. The van der Waals surface area contributed by atoms with Crippen LogP contribution < -0.4 is 10.6 Å². The summed E-state index contributed by atoms with van der Waals surface area (Å²) in [4.78, 5) is 50.0. The molecule has 3 rings (SSSR count). The second-order valence-electron chi connectivity index (χ2n) is 9.16. The van der Waals surface area contributed by atoms with Crippen molar-refractivity contribution < 1.29 is 23.9 Å². The number of hydrogen-bond acceptors (Lipinski definition) is 5. The summed E-state index contributed by atoms with van der Waals surface area (Å²) in [6.07, 6.45) is 4.26. The smallest absolute Gasteiger partial charge is 0.325 e. The van der Waals surface area contributed by atoms with Gasteiger partial charge in [0.25, 0.3) is 5.91 Å². The fourth-order valence-electron chi connectivity index (χ4n) is 4.57. The lowest BCUT2D eigenvalue weighted by atomic mass is 9.64. The quantitative estimate of drug-likeness (QED) is 0.533. The molecule has 1 heterocycles. The van der Waals surface area contributed by atoms with E-state index in [9.17, 15) is 19.2 Å². The van der Waals surface area contributed by atoms with Crippen LogP contribution in [0.15, 0.2) is 0 Å². The van der Waals surface area contributed by atoms with E-state index in [1.54, 1.807) is 0 Å². The molecule has 0 aromatic heterocycles. The standard InChI is InChI=1S/C19H29N3O5/c1-12-6-18(2,3)11-19(7-12)16(25)22(17(26)21-19)9-14(23)20-8-15(24)27-10-13-4-5-13/h12-13H,4-11H2,1-3H3,(H,20,23)(H,21,26). The SMILES string of the molecule is CC1CC(C)(C)CC2(C1)NC(=O)N(CC(=O)NCC(=O)OCC1CC1)C2=O. The van der Waals surface area contributed by atoms with Gasteiger partial charge in [0.15, 0.2) is 0 Å². The zero-order valence-corrected chi connectivity index (χ0v) is 16.3. The Bertz CT molecular complexity index is 658. The molecule has 1 spiro atoms. The van der Waals surface area contributed by atoms with Crippen LogP contribution in [0, 0.1) is 17.3 Å². The van der Waals surface area contributed by atoms with Crippen molar-refractivity contribution in [2.24, 2.45) is 17.3 Å². The van der Waals surface area contributed by atoms with E-state index in [0.29, 0.717) is 31.3 Å². The lowest BCUT2D eigenvalue weighted by Crippen LogP contribution is -2.54. The van der Waals surface area contributed by atoms with Crippen molar-refractivity contribution in [2.45, 2.75) is 58.4 Å². The summed E-state index contributed by atoms with van der Waals surface area (Å²) >= 11 is 0. The van der Waals surface area contributed by atoms with E-state index < -0.39 is 30.0 Å². The second-order valence-corrected chi connectivity index (χ2v) is 9.16. The average Bonchev–Trinajstić information content (AvgIpc) is 3.34. The number of amides is 4. The number of nitrogens with one attached hydrogen (secondary N) is 2. The zero-order valence-electron chi connectivity index (χ0n) is 16.3. The number of rotatable bonds is 6. The van der Waals surface area contributed by atoms with Crippen LogP contribution in [0.2, 0.25) is 0 Å². The Morgan fingerprint density at radius 1 is 1.26 bits per heavy atom. The van der Waals surface area contributed by atoms with Crippen LogP contribution in [0.25, 0.3) is 0 Å². The molecule has 3 aliphatic rings. The molecule has 2 saturated carbocycles. The van der Waals surface area contributed by atoms with E-state index >= 15 is 0 Å². The summed E-state index contributed by atoms with van der Waals surface area (Å²) < 4.78 is 5.04. The predicted octanol–water partition coefficient (Wildman–Crippen LogP) is 1.19. The third-order valence-corrected chi connectivity index (χ3v) is 5.53. The first kappa shape index (κ1) is 19.6. The number of esters is 1. The van der Waals surface area contributed by atoms with Crippen molar-refractivity contribution in [3.8, 4) is 0 Å². The van der Waals surface area contributed by atoms with Crippen LogP contribution >= 0.6 is 0 Å². The third-order valence-electron chi connectivity index (χ3n) is 5.53. The Hall–Kier alpha value is -2.12. The van der Waals surface area contributed by atoms with E-state index in [0.717, 1.165) is 24.2 Å². The van der Waals surface area contributed by atoms with Crippen molar-refractivity contribution in [3.63, 3.8) is 0 Å². The van der Waals surface area contributed by atoms with Crippen molar-refractivity contribution in [1.29, 1.82) is 0 Å². The van der Waals surface area contributed by atoms with E-state index in [-0.39, 0.29) is 17.9 Å². The molecule has 2 unspecified atom stereocenters. The molecule has 2 N–H and O–H groups in total. The van der Waals surface area contributed by atoms with E-state index in [2.05, 4.69) is 31.4 Å². The summed E-state index contributed by atoms with van der Waals surface area (Å²) in [6.45, 7) is 5.99. The topological polar surface area (TPSA) is 105 Å². The number of nitrogens with zero attached hydrogens (tertiary/aromatic N) is 1. The molecule has 2 aliphatic carbocycles. The first-order valence-corrected chi connectivity index (χ1v) is 9.67. The highest BCUT2D eigenvalue weighted by Gasteiger charge is 2.56. The molecule has 0 radical (unpaired) electrons. The molecule has 3 fully saturated rings. The Kier molecular flexibility index (Phi) is 5.18. The molecular formula is C19H29N3O5. The van der Waals surface area contributed by atoms with Gasteiger partial charge in [-0.15, -0.1) is 0 Å². The monoisotopic (exact) mass is 379 g/mol. The normalized spacial score (nSPS) is 29.6.